The third kappa shape index (κ3) is 4.99. The van der Waals surface area contributed by atoms with E-state index in [0.717, 1.165) is 19.5 Å². The molecule has 0 aliphatic carbocycles. The fourth-order valence-corrected chi connectivity index (χ4v) is 1.66. The van der Waals surface area contributed by atoms with E-state index in [4.69, 9.17) is 4.74 Å². The molecule has 1 unspecified atom stereocenters. The summed E-state index contributed by atoms with van der Waals surface area (Å²) >= 11 is 0. The van der Waals surface area contributed by atoms with Crippen LogP contribution in [0.15, 0.2) is 18.7 Å². The van der Waals surface area contributed by atoms with Gasteiger partial charge in [-0.25, -0.2) is 4.98 Å². The van der Waals surface area contributed by atoms with Gasteiger partial charge in [0, 0.05) is 25.5 Å². The maximum atomic E-state index is 11.5. The van der Waals surface area contributed by atoms with Gasteiger partial charge in [0.1, 0.15) is 6.04 Å². The molecule has 1 atom stereocenters. The summed E-state index contributed by atoms with van der Waals surface area (Å²) in [4.78, 5) is 15.5. The zero-order valence-corrected chi connectivity index (χ0v) is 10.7. The summed E-state index contributed by atoms with van der Waals surface area (Å²) in [5.74, 6) is 0.268. The normalized spacial score (nSPS) is 12.7. The zero-order chi connectivity index (χ0) is 12.7. The Labute approximate surface area is 102 Å². The molecule has 5 nitrogen and oxygen atoms in total. The number of hydrogen-bond acceptors (Lipinski definition) is 4. The summed E-state index contributed by atoms with van der Waals surface area (Å²) in [6.45, 7) is 5.70. The highest BCUT2D eigenvalue weighted by atomic mass is 16.5. The highest BCUT2D eigenvalue weighted by molar-refractivity contribution is 5.75. The number of carbonyl (C=O) groups excluding carboxylic acids is 1. The first kappa shape index (κ1) is 13.7. The second kappa shape index (κ2) is 7.06. The molecule has 0 fully saturated rings. The van der Waals surface area contributed by atoms with Gasteiger partial charge in [0.05, 0.1) is 13.4 Å². The number of nitrogens with one attached hydrogen (secondary N) is 1. The van der Waals surface area contributed by atoms with Gasteiger partial charge in [-0.2, -0.15) is 0 Å². The Morgan fingerprint density at radius 3 is 2.82 bits per heavy atom. The first-order valence-corrected chi connectivity index (χ1v) is 5.90. The largest absolute Gasteiger partial charge is 0.468 e. The minimum atomic E-state index is -0.219. The predicted octanol–water partition coefficient (Wildman–Crippen LogP) is 1.06. The summed E-state index contributed by atoms with van der Waals surface area (Å²) in [5, 5.41) is 3.22. The van der Waals surface area contributed by atoms with Crippen molar-refractivity contribution in [3.8, 4) is 0 Å². The van der Waals surface area contributed by atoms with Crippen molar-refractivity contribution in [2.45, 2.75) is 32.9 Å². The molecule has 0 aliphatic rings. The summed E-state index contributed by atoms with van der Waals surface area (Å²) in [5.41, 5.74) is 0. The molecule has 1 rings (SSSR count). The van der Waals surface area contributed by atoms with Crippen LogP contribution in [-0.4, -0.2) is 35.2 Å². The number of nitrogens with zero attached hydrogens (tertiary/aromatic N) is 2. The SMILES string of the molecule is COC(=O)C(CC(C)C)NCCn1ccnc1. The molecule has 5 heteroatoms. The van der Waals surface area contributed by atoms with Gasteiger partial charge in [-0.1, -0.05) is 13.8 Å². The van der Waals surface area contributed by atoms with Crippen molar-refractivity contribution in [2.24, 2.45) is 5.92 Å². The van der Waals surface area contributed by atoms with Gasteiger partial charge in [-0.3, -0.25) is 4.79 Å². The molecule has 0 saturated heterocycles. The van der Waals surface area contributed by atoms with Crippen molar-refractivity contribution < 1.29 is 9.53 Å². The quantitative estimate of drug-likeness (QED) is 0.723. The number of esters is 1. The zero-order valence-electron chi connectivity index (χ0n) is 10.7. The third-order valence-electron chi connectivity index (χ3n) is 2.51. The lowest BCUT2D eigenvalue weighted by molar-refractivity contribution is -0.143. The van der Waals surface area contributed by atoms with Gasteiger partial charge in [0.2, 0.25) is 0 Å². The highest BCUT2D eigenvalue weighted by Gasteiger charge is 2.19. The maximum Gasteiger partial charge on any atom is 0.322 e. The van der Waals surface area contributed by atoms with Crippen LogP contribution in [0.3, 0.4) is 0 Å². The maximum absolute atomic E-state index is 11.5. The van der Waals surface area contributed by atoms with E-state index in [1.54, 1.807) is 12.5 Å². The Hall–Kier alpha value is -1.36. The van der Waals surface area contributed by atoms with Gasteiger partial charge < -0.3 is 14.6 Å². The number of carbonyl (C=O) groups is 1. The molecular weight excluding hydrogens is 218 g/mol. The lowest BCUT2D eigenvalue weighted by Gasteiger charge is -2.18. The Bertz CT molecular complexity index is 323. The first-order chi connectivity index (χ1) is 8.13. The molecule has 1 aromatic heterocycles. The van der Waals surface area contributed by atoms with E-state index in [0.29, 0.717) is 5.92 Å². The Balaban J connectivity index is 2.35. The number of aromatic nitrogens is 2. The topological polar surface area (TPSA) is 56.1 Å². The van der Waals surface area contributed by atoms with E-state index < -0.39 is 0 Å². The minimum absolute atomic E-state index is 0.190. The standard InChI is InChI=1S/C12H21N3O2/c1-10(2)8-11(12(16)17-3)14-5-7-15-6-4-13-9-15/h4,6,9-11,14H,5,7-8H2,1-3H3. The van der Waals surface area contributed by atoms with Crippen LogP contribution in [0.2, 0.25) is 0 Å². The van der Waals surface area contributed by atoms with Crippen LogP contribution < -0.4 is 5.32 Å². The number of hydrogen-bond donors (Lipinski definition) is 1. The molecule has 0 radical (unpaired) electrons. The number of imidazole rings is 1. The van der Waals surface area contributed by atoms with Crippen molar-refractivity contribution in [3.05, 3.63) is 18.7 Å². The molecule has 0 amide bonds. The Kier molecular flexibility index (Phi) is 5.69. The molecule has 0 bridgehead atoms. The van der Waals surface area contributed by atoms with Crippen molar-refractivity contribution in [1.29, 1.82) is 0 Å². The summed E-state index contributed by atoms with van der Waals surface area (Å²) in [6.07, 6.45) is 6.19. The molecule has 1 aromatic rings. The average molecular weight is 239 g/mol. The number of rotatable bonds is 7. The van der Waals surface area contributed by atoms with Crippen molar-refractivity contribution in [2.75, 3.05) is 13.7 Å². The molecule has 1 heterocycles. The summed E-state index contributed by atoms with van der Waals surface area (Å²) < 4.78 is 6.75. The van der Waals surface area contributed by atoms with E-state index in [-0.39, 0.29) is 12.0 Å². The monoisotopic (exact) mass is 239 g/mol. The molecule has 0 saturated carbocycles. The number of ether oxygens (including phenoxy) is 1. The highest BCUT2D eigenvalue weighted by Crippen LogP contribution is 2.05. The van der Waals surface area contributed by atoms with Gasteiger partial charge in [0.15, 0.2) is 0 Å². The van der Waals surface area contributed by atoms with Crippen LogP contribution in [0.4, 0.5) is 0 Å². The van der Waals surface area contributed by atoms with Crippen molar-refractivity contribution in [3.63, 3.8) is 0 Å². The van der Waals surface area contributed by atoms with E-state index in [2.05, 4.69) is 24.1 Å². The molecule has 0 spiro atoms. The fourth-order valence-electron chi connectivity index (χ4n) is 1.66. The van der Waals surface area contributed by atoms with E-state index in [1.807, 2.05) is 10.8 Å². The van der Waals surface area contributed by atoms with Crippen molar-refractivity contribution >= 4 is 5.97 Å². The van der Waals surface area contributed by atoms with Gasteiger partial charge >= 0.3 is 5.97 Å². The smallest absolute Gasteiger partial charge is 0.322 e. The van der Waals surface area contributed by atoms with E-state index >= 15 is 0 Å². The van der Waals surface area contributed by atoms with Crippen molar-refractivity contribution in [1.82, 2.24) is 14.9 Å². The van der Waals surface area contributed by atoms with Crippen LogP contribution in [-0.2, 0) is 16.1 Å². The Morgan fingerprint density at radius 1 is 1.53 bits per heavy atom. The van der Waals surface area contributed by atoms with Crippen LogP contribution >= 0.6 is 0 Å². The minimum Gasteiger partial charge on any atom is -0.468 e. The lowest BCUT2D eigenvalue weighted by atomic mass is 10.0. The first-order valence-electron chi connectivity index (χ1n) is 5.90. The summed E-state index contributed by atoms with van der Waals surface area (Å²) in [6, 6.07) is -0.219. The number of methoxy groups -OCH3 is 1. The van der Waals surface area contributed by atoms with Crippen LogP contribution in [0.1, 0.15) is 20.3 Å². The fraction of sp³-hybridized carbons (Fsp3) is 0.667. The second-order valence-corrected chi connectivity index (χ2v) is 4.46. The Morgan fingerprint density at radius 2 is 2.29 bits per heavy atom. The van der Waals surface area contributed by atoms with Crippen LogP contribution in [0.25, 0.3) is 0 Å². The van der Waals surface area contributed by atoms with E-state index in [1.165, 1.54) is 7.11 Å². The molecular formula is C12H21N3O2. The molecule has 0 aromatic carbocycles. The van der Waals surface area contributed by atoms with Crippen LogP contribution in [0.5, 0.6) is 0 Å². The molecule has 96 valence electrons. The molecule has 17 heavy (non-hydrogen) atoms. The third-order valence-corrected chi connectivity index (χ3v) is 2.51. The summed E-state index contributed by atoms with van der Waals surface area (Å²) in [7, 11) is 1.42. The van der Waals surface area contributed by atoms with Crippen LogP contribution in [0, 0.1) is 5.92 Å². The molecule has 1 N–H and O–H groups in total. The predicted molar refractivity (Wildman–Crippen MR) is 65.5 cm³/mol. The van der Waals surface area contributed by atoms with Gasteiger partial charge in [-0.15, -0.1) is 0 Å². The van der Waals surface area contributed by atoms with Gasteiger partial charge in [-0.05, 0) is 12.3 Å². The second-order valence-electron chi connectivity index (χ2n) is 4.46. The lowest BCUT2D eigenvalue weighted by Crippen LogP contribution is -2.40. The molecule has 0 aliphatic heterocycles. The van der Waals surface area contributed by atoms with Gasteiger partial charge in [0.25, 0.3) is 0 Å². The van der Waals surface area contributed by atoms with E-state index in [9.17, 15) is 4.79 Å². The average Bonchev–Trinajstić information content (AvgIpc) is 2.79.